The maximum atomic E-state index is 12.6. The van der Waals surface area contributed by atoms with Crippen LogP contribution in [0.25, 0.3) is 0 Å². The number of carbonyl (C=O) groups excluding carboxylic acids is 1. The van der Waals surface area contributed by atoms with Crippen LogP contribution < -0.4 is 0 Å². The molecule has 1 aromatic carbocycles. The lowest BCUT2D eigenvalue weighted by atomic mass is 10.1. The van der Waals surface area contributed by atoms with Gasteiger partial charge in [0.15, 0.2) is 0 Å². The summed E-state index contributed by atoms with van der Waals surface area (Å²) < 4.78 is 0. The van der Waals surface area contributed by atoms with Gasteiger partial charge in [0, 0.05) is 18.8 Å². The fourth-order valence-electron chi connectivity index (χ4n) is 1.88. The highest BCUT2D eigenvalue weighted by atomic mass is 35.5. The quantitative estimate of drug-likeness (QED) is 0.868. The predicted octanol–water partition coefficient (Wildman–Crippen LogP) is 3.18. The van der Waals surface area contributed by atoms with Crippen molar-refractivity contribution in [1.82, 2.24) is 14.9 Å². The minimum Gasteiger partial charge on any atom is -0.331 e. The molecule has 0 bridgehead atoms. The van der Waals surface area contributed by atoms with Crippen LogP contribution in [0.1, 0.15) is 29.9 Å². The first kappa shape index (κ1) is 14.5. The molecule has 0 saturated carbocycles. The van der Waals surface area contributed by atoms with E-state index in [1.54, 1.807) is 4.90 Å². The molecule has 0 N–H and O–H groups in total. The van der Waals surface area contributed by atoms with Crippen molar-refractivity contribution < 1.29 is 4.79 Å². The van der Waals surface area contributed by atoms with Crippen molar-refractivity contribution in [3.05, 3.63) is 59.1 Å². The number of hydrogen-bond donors (Lipinski definition) is 0. The SMILES string of the molecule is CC(C)N(Cc1ccccc1)C(=O)c1ncncc1Cl. The first-order valence-corrected chi connectivity index (χ1v) is 6.77. The normalized spacial score (nSPS) is 10.6. The number of nitrogens with zero attached hydrogens (tertiary/aromatic N) is 3. The number of amides is 1. The van der Waals surface area contributed by atoms with E-state index in [2.05, 4.69) is 9.97 Å². The molecule has 2 aromatic rings. The van der Waals surface area contributed by atoms with Crippen molar-refractivity contribution in [2.75, 3.05) is 0 Å². The zero-order valence-electron chi connectivity index (χ0n) is 11.5. The molecule has 0 aliphatic heterocycles. The summed E-state index contributed by atoms with van der Waals surface area (Å²) in [5.41, 5.74) is 1.31. The third kappa shape index (κ3) is 3.33. The van der Waals surface area contributed by atoms with Gasteiger partial charge >= 0.3 is 0 Å². The summed E-state index contributed by atoms with van der Waals surface area (Å²) >= 11 is 6.00. The Kier molecular flexibility index (Phi) is 4.69. The lowest BCUT2D eigenvalue weighted by Gasteiger charge is -2.26. The predicted molar refractivity (Wildman–Crippen MR) is 78.5 cm³/mol. The van der Waals surface area contributed by atoms with Gasteiger partial charge in [-0.15, -0.1) is 0 Å². The highest BCUT2D eigenvalue weighted by Gasteiger charge is 2.22. The minimum absolute atomic E-state index is 0.0498. The van der Waals surface area contributed by atoms with Gasteiger partial charge < -0.3 is 4.90 Å². The van der Waals surface area contributed by atoms with Crippen LogP contribution in [-0.2, 0) is 6.54 Å². The Bertz CT molecular complexity index is 587. The molecular weight excluding hydrogens is 274 g/mol. The van der Waals surface area contributed by atoms with Crippen LogP contribution in [0.3, 0.4) is 0 Å². The van der Waals surface area contributed by atoms with Crippen molar-refractivity contribution in [2.24, 2.45) is 0 Å². The van der Waals surface area contributed by atoms with E-state index >= 15 is 0 Å². The molecule has 0 fully saturated rings. The van der Waals surface area contributed by atoms with Crippen molar-refractivity contribution in [2.45, 2.75) is 26.4 Å². The molecule has 4 nitrogen and oxygen atoms in total. The third-order valence-corrected chi connectivity index (χ3v) is 3.23. The lowest BCUT2D eigenvalue weighted by molar-refractivity contribution is 0.0684. The number of rotatable bonds is 4. The molecule has 1 aromatic heterocycles. The fraction of sp³-hybridized carbons (Fsp3) is 0.267. The topological polar surface area (TPSA) is 46.1 Å². The Morgan fingerprint density at radius 2 is 2.00 bits per heavy atom. The Hall–Kier alpha value is -1.94. The molecule has 104 valence electrons. The maximum absolute atomic E-state index is 12.6. The summed E-state index contributed by atoms with van der Waals surface area (Å²) in [5, 5.41) is 0.274. The van der Waals surface area contributed by atoms with Gasteiger partial charge in [-0.1, -0.05) is 41.9 Å². The molecule has 0 aliphatic rings. The molecule has 0 aliphatic carbocycles. The van der Waals surface area contributed by atoms with Crippen LogP contribution in [0.15, 0.2) is 42.9 Å². The number of hydrogen-bond acceptors (Lipinski definition) is 3. The standard InChI is InChI=1S/C15H16ClN3O/c1-11(2)19(9-12-6-4-3-5-7-12)15(20)14-13(16)8-17-10-18-14/h3-8,10-11H,9H2,1-2H3. The molecule has 0 atom stereocenters. The highest BCUT2D eigenvalue weighted by molar-refractivity contribution is 6.33. The molecule has 0 unspecified atom stereocenters. The van der Waals surface area contributed by atoms with E-state index in [0.29, 0.717) is 6.54 Å². The van der Waals surface area contributed by atoms with Crippen LogP contribution in [0.5, 0.6) is 0 Å². The van der Waals surface area contributed by atoms with Crippen LogP contribution in [0.2, 0.25) is 5.02 Å². The summed E-state index contributed by atoms with van der Waals surface area (Å²) in [7, 11) is 0. The second kappa shape index (κ2) is 6.48. The van der Waals surface area contributed by atoms with Gasteiger partial charge in [-0.05, 0) is 19.4 Å². The van der Waals surface area contributed by atoms with Gasteiger partial charge in [-0.2, -0.15) is 0 Å². The smallest absolute Gasteiger partial charge is 0.274 e. The molecule has 0 spiro atoms. The van der Waals surface area contributed by atoms with Crippen LogP contribution in [0.4, 0.5) is 0 Å². The van der Waals surface area contributed by atoms with Gasteiger partial charge in [-0.3, -0.25) is 4.79 Å². The number of carbonyl (C=O) groups is 1. The van der Waals surface area contributed by atoms with E-state index in [-0.39, 0.29) is 22.7 Å². The first-order valence-electron chi connectivity index (χ1n) is 6.40. The van der Waals surface area contributed by atoms with Gasteiger partial charge in [0.05, 0.1) is 5.02 Å². The van der Waals surface area contributed by atoms with Crippen molar-refractivity contribution in [3.8, 4) is 0 Å². The first-order chi connectivity index (χ1) is 9.59. The molecule has 0 radical (unpaired) electrons. The van der Waals surface area contributed by atoms with E-state index < -0.39 is 0 Å². The Morgan fingerprint density at radius 3 is 2.60 bits per heavy atom. The van der Waals surface area contributed by atoms with E-state index in [4.69, 9.17) is 11.6 Å². The second-order valence-electron chi connectivity index (χ2n) is 4.73. The number of halogens is 1. The van der Waals surface area contributed by atoms with Crippen LogP contribution >= 0.6 is 11.6 Å². The summed E-state index contributed by atoms with van der Waals surface area (Å²) in [6.45, 7) is 4.46. The minimum atomic E-state index is -0.184. The average molecular weight is 290 g/mol. The lowest BCUT2D eigenvalue weighted by Crippen LogP contribution is -2.37. The average Bonchev–Trinajstić information content (AvgIpc) is 2.45. The largest absolute Gasteiger partial charge is 0.331 e. The zero-order valence-corrected chi connectivity index (χ0v) is 12.2. The van der Waals surface area contributed by atoms with Crippen molar-refractivity contribution >= 4 is 17.5 Å². The molecule has 0 saturated heterocycles. The number of benzene rings is 1. The Balaban J connectivity index is 2.25. The summed E-state index contributed by atoms with van der Waals surface area (Å²) in [4.78, 5) is 22.1. The highest BCUT2D eigenvalue weighted by Crippen LogP contribution is 2.17. The molecular formula is C15H16ClN3O. The fourth-order valence-corrected chi connectivity index (χ4v) is 2.06. The maximum Gasteiger partial charge on any atom is 0.274 e. The molecule has 2 rings (SSSR count). The summed E-state index contributed by atoms with van der Waals surface area (Å²) in [5.74, 6) is -0.184. The molecule has 1 amide bonds. The molecule has 20 heavy (non-hydrogen) atoms. The van der Waals surface area contributed by atoms with Crippen LogP contribution in [-0.4, -0.2) is 26.8 Å². The summed E-state index contributed by atoms with van der Waals surface area (Å²) in [6.07, 6.45) is 2.77. The van der Waals surface area contributed by atoms with E-state index in [1.807, 2.05) is 44.2 Å². The monoisotopic (exact) mass is 289 g/mol. The number of aromatic nitrogens is 2. The van der Waals surface area contributed by atoms with Gasteiger partial charge in [0.2, 0.25) is 0 Å². The third-order valence-electron chi connectivity index (χ3n) is 2.95. The Labute approximate surface area is 123 Å². The summed E-state index contributed by atoms with van der Waals surface area (Å²) in [6, 6.07) is 9.89. The second-order valence-corrected chi connectivity index (χ2v) is 5.14. The van der Waals surface area contributed by atoms with Gasteiger partial charge in [-0.25, -0.2) is 9.97 Å². The zero-order chi connectivity index (χ0) is 14.5. The van der Waals surface area contributed by atoms with Crippen LogP contribution in [0, 0.1) is 0 Å². The molecule has 1 heterocycles. The van der Waals surface area contributed by atoms with E-state index in [1.165, 1.54) is 12.5 Å². The van der Waals surface area contributed by atoms with Gasteiger partial charge in [0.25, 0.3) is 5.91 Å². The van der Waals surface area contributed by atoms with E-state index in [0.717, 1.165) is 5.56 Å². The molecule has 5 heteroatoms. The van der Waals surface area contributed by atoms with Crippen molar-refractivity contribution in [1.29, 1.82) is 0 Å². The van der Waals surface area contributed by atoms with Crippen molar-refractivity contribution in [3.63, 3.8) is 0 Å². The van der Waals surface area contributed by atoms with E-state index in [9.17, 15) is 4.79 Å². The van der Waals surface area contributed by atoms with Gasteiger partial charge in [0.1, 0.15) is 12.0 Å². The Morgan fingerprint density at radius 1 is 1.30 bits per heavy atom.